The molecule has 6 N–H and O–H groups in total. The number of amides is 4. The average Bonchev–Trinajstić information content (AvgIpc) is 3.91. The van der Waals surface area contributed by atoms with E-state index in [9.17, 15) is 29.4 Å². The van der Waals surface area contributed by atoms with Crippen LogP contribution < -0.4 is 31.2 Å². The highest BCUT2D eigenvalue weighted by molar-refractivity contribution is 5.87. The SMILES string of the molecule is COC(=O)NC(C(=O)NC(Cc1ccc(C#Cc2ccc(N3CC4CCC(C3)N4c3ncccn3)nc2)cc1)C(O)CN(Cc1c(F)cc(-c2ccn(C)n2)cc1F)NC(=O)C(NC(=O)O)C(C)(C)C)C(C)(C)C. The van der Waals surface area contributed by atoms with Gasteiger partial charge in [-0.15, -0.1) is 0 Å². The Bertz CT molecular complexity index is 2810. The van der Waals surface area contributed by atoms with Crippen LogP contribution in [0.4, 0.5) is 30.1 Å². The van der Waals surface area contributed by atoms with Gasteiger partial charge in [-0.1, -0.05) is 65.5 Å². The van der Waals surface area contributed by atoms with Crippen LogP contribution in [0.15, 0.2) is 85.5 Å². The minimum atomic E-state index is -1.58. The zero-order chi connectivity index (χ0) is 53.5. The lowest BCUT2D eigenvalue weighted by atomic mass is 9.85. The maximum absolute atomic E-state index is 16.0. The van der Waals surface area contributed by atoms with E-state index in [1.165, 1.54) is 4.68 Å². The number of piperazine rings is 1. The van der Waals surface area contributed by atoms with E-state index in [-0.39, 0.29) is 12.0 Å². The molecule has 2 saturated heterocycles. The second kappa shape index (κ2) is 23.0. The summed E-state index contributed by atoms with van der Waals surface area (Å²) in [7, 11) is 2.82. The first-order chi connectivity index (χ1) is 35.1. The molecule has 2 aromatic carbocycles. The quantitative estimate of drug-likeness (QED) is 0.0553. The highest BCUT2D eigenvalue weighted by atomic mass is 19.1. The number of carbonyl (C=O) groups excluding carboxylic acids is 3. The number of methoxy groups -OCH3 is 1. The molecule has 6 unspecified atom stereocenters. The maximum atomic E-state index is 16.0. The maximum Gasteiger partial charge on any atom is 0.407 e. The van der Waals surface area contributed by atoms with E-state index in [2.05, 4.69) is 58.1 Å². The minimum Gasteiger partial charge on any atom is -0.465 e. The van der Waals surface area contributed by atoms with Crippen molar-refractivity contribution in [1.29, 1.82) is 0 Å². The van der Waals surface area contributed by atoms with Crippen LogP contribution in [0.3, 0.4) is 0 Å². The summed E-state index contributed by atoms with van der Waals surface area (Å²) in [6.07, 6.45) is 5.09. The van der Waals surface area contributed by atoms with Gasteiger partial charge >= 0.3 is 12.2 Å². The van der Waals surface area contributed by atoms with Gasteiger partial charge in [-0.2, -0.15) is 5.10 Å². The van der Waals surface area contributed by atoms with Crippen molar-refractivity contribution in [2.75, 3.05) is 36.5 Å². The first kappa shape index (κ1) is 54.1. The molecule has 21 heteroatoms. The predicted molar refractivity (Wildman–Crippen MR) is 272 cm³/mol. The molecule has 0 radical (unpaired) electrons. The van der Waals surface area contributed by atoms with Gasteiger partial charge in [0, 0.05) is 92.4 Å². The molecule has 0 aliphatic carbocycles. The highest BCUT2D eigenvalue weighted by Crippen LogP contribution is 2.34. The topological polar surface area (TPSA) is 232 Å². The van der Waals surface area contributed by atoms with Crippen molar-refractivity contribution < 1.29 is 42.9 Å². The third-order valence-electron chi connectivity index (χ3n) is 13.0. The minimum absolute atomic E-state index is 0.0100. The van der Waals surface area contributed by atoms with Crippen LogP contribution in [-0.4, -0.2) is 127 Å². The number of hydrogen-bond acceptors (Lipinski definition) is 13. The number of alkyl carbamates (subject to hydrolysis) is 1. The van der Waals surface area contributed by atoms with Gasteiger partial charge in [0.05, 0.1) is 24.9 Å². The number of aliphatic hydroxyl groups is 1. The fourth-order valence-electron chi connectivity index (χ4n) is 9.20. The first-order valence-electron chi connectivity index (χ1n) is 24.3. The van der Waals surface area contributed by atoms with Crippen LogP contribution in [0.25, 0.3) is 11.3 Å². The summed E-state index contributed by atoms with van der Waals surface area (Å²) in [4.78, 5) is 70.7. The molecule has 2 fully saturated rings. The van der Waals surface area contributed by atoms with Crippen LogP contribution in [-0.2, 0) is 34.3 Å². The lowest BCUT2D eigenvalue weighted by Gasteiger charge is -2.41. The molecule has 2 aliphatic heterocycles. The summed E-state index contributed by atoms with van der Waals surface area (Å²) in [5.74, 6) is 4.46. The largest absolute Gasteiger partial charge is 0.465 e. The van der Waals surface area contributed by atoms with Gasteiger partial charge in [-0.3, -0.25) is 19.7 Å². The fourth-order valence-corrected chi connectivity index (χ4v) is 9.20. The fraction of sp³-hybridized carbons (Fsp3) is 0.434. The summed E-state index contributed by atoms with van der Waals surface area (Å²) in [6.45, 7) is 10.5. The Hall–Kier alpha value is -7.70. The molecule has 4 amide bonds. The monoisotopic (exact) mass is 1020 g/mol. The van der Waals surface area contributed by atoms with Gasteiger partial charge in [-0.25, -0.2) is 38.3 Å². The van der Waals surface area contributed by atoms with Gasteiger partial charge in [0.15, 0.2) is 0 Å². The molecule has 0 saturated carbocycles. The van der Waals surface area contributed by atoms with Crippen molar-refractivity contribution in [2.24, 2.45) is 17.9 Å². The number of rotatable bonds is 16. The van der Waals surface area contributed by atoms with Gasteiger partial charge in [0.1, 0.15) is 29.5 Å². The van der Waals surface area contributed by atoms with Crippen LogP contribution in [0.2, 0.25) is 0 Å². The van der Waals surface area contributed by atoms with E-state index in [0.717, 1.165) is 61.9 Å². The van der Waals surface area contributed by atoms with Crippen LogP contribution in [0, 0.1) is 34.3 Å². The number of aliphatic hydroxyl groups excluding tert-OH is 1. The molecule has 19 nitrogen and oxygen atoms in total. The lowest BCUT2D eigenvalue weighted by Crippen LogP contribution is -2.60. The van der Waals surface area contributed by atoms with Crippen molar-refractivity contribution in [3.05, 3.63) is 119 Å². The van der Waals surface area contributed by atoms with Crippen LogP contribution >= 0.6 is 0 Å². The smallest absolute Gasteiger partial charge is 0.407 e. The molecular formula is C53H64F2N12O7. The molecule has 5 heterocycles. The molecule has 2 bridgehead atoms. The number of fused-ring (bicyclic) bond motifs is 2. The number of nitrogens with zero attached hydrogens (tertiary/aromatic N) is 8. The number of benzene rings is 2. The molecule has 5 aromatic rings. The Labute approximate surface area is 429 Å². The number of carbonyl (C=O) groups is 4. The van der Waals surface area contributed by atoms with E-state index < -0.39 is 89.3 Å². The number of aryl methyl sites for hydroxylation is 1. The Morgan fingerprint density at radius 1 is 0.838 bits per heavy atom. The Kier molecular flexibility index (Phi) is 16.8. The van der Waals surface area contributed by atoms with Gasteiger partial charge in [0.2, 0.25) is 11.9 Å². The van der Waals surface area contributed by atoms with E-state index >= 15 is 8.78 Å². The molecule has 3 aromatic heterocycles. The number of hydrazine groups is 1. The number of nitrogens with one attached hydrogen (secondary N) is 4. The zero-order valence-corrected chi connectivity index (χ0v) is 42.8. The van der Waals surface area contributed by atoms with Crippen molar-refractivity contribution in [3.8, 4) is 23.1 Å². The van der Waals surface area contributed by atoms with Gasteiger partial charge in [-0.05, 0) is 84.2 Å². The predicted octanol–water partition coefficient (Wildman–Crippen LogP) is 5.18. The first-order valence-corrected chi connectivity index (χ1v) is 24.3. The molecule has 74 heavy (non-hydrogen) atoms. The van der Waals surface area contributed by atoms with E-state index in [1.807, 2.05) is 18.2 Å². The summed E-state index contributed by atoms with van der Waals surface area (Å²) in [5.41, 5.74) is 2.76. The van der Waals surface area contributed by atoms with Crippen LogP contribution in [0.1, 0.15) is 76.6 Å². The summed E-state index contributed by atoms with van der Waals surface area (Å²) < 4.78 is 38.2. The Morgan fingerprint density at radius 3 is 2.00 bits per heavy atom. The normalized spacial score (nSPS) is 17.1. The van der Waals surface area contributed by atoms with Crippen molar-refractivity contribution in [1.82, 2.24) is 51.1 Å². The molecule has 7 rings (SSSR count). The second-order valence-electron chi connectivity index (χ2n) is 20.8. The van der Waals surface area contributed by atoms with Crippen molar-refractivity contribution >= 4 is 35.8 Å². The standard InChI is InChI=1S/C53H64F2N12O7/c1-52(2,3)45(61-51(73)74-8)47(69)59-42(43(68)31-66(63-48(70)46(53(4,5)6)60-50(71)72)30-38-39(54)25-35(26-40(38)55)41-20-23-64(7)62-41)24-33-13-10-32(11-14-33)12-15-34-16-19-44(58-27-34)65-28-36-17-18-37(29-65)67(36)49-56-21-9-22-57-49/h9-11,13-14,16,19-23,25-27,36-37,42-43,45-46,60,68H,17-18,24,28-31H2,1-8H3,(H,59,69)(H,61,73)(H,63,70)(H,71,72). The molecule has 2 aliphatic rings. The molecular weight excluding hydrogens is 955 g/mol. The van der Waals surface area contributed by atoms with E-state index in [4.69, 9.17) is 9.72 Å². The summed E-state index contributed by atoms with van der Waals surface area (Å²) in [6, 6.07) is 13.5. The highest BCUT2D eigenvalue weighted by Gasteiger charge is 2.42. The number of halogens is 2. The lowest BCUT2D eigenvalue weighted by molar-refractivity contribution is -0.132. The van der Waals surface area contributed by atoms with Crippen molar-refractivity contribution in [3.63, 3.8) is 0 Å². The molecule has 392 valence electrons. The number of hydrogen-bond donors (Lipinski definition) is 6. The van der Waals surface area contributed by atoms with E-state index in [1.54, 1.807) is 104 Å². The van der Waals surface area contributed by atoms with Crippen molar-refractivity contribution in [2.45, 2.75) is 104 Å². The summed E-state index contributed by atoms with van der Waals surface area (Å²) in [5, 5.41) is 34.7. The summed E-state index contributed by atoms with van der Waals surface area (Å²) >= 11 is 0. The Balaban J connectivity index is 1.11. The van der Waals surface area contributed by atoms with Crippen LogP contribution in [0.5, 0.6) is 0 Å². The Morgan fingerprint density at radius 2 is 1.45 bits per heavy atom. The second-order valence-corrected chi connectivity index (χ2v) is 20.8. The molecule has 6 atom stereocenters. The number of carboxylic acid groups (broad SMARTS) is 1. The number of aromatic nitrogens is 5. The molecule has 0 spiro atoms. The van der Waals surface area contributed by atoms with Gasteiger partial charge in [0.25, 0.3) is 5.91 Å². The van der Waals surface area contributed by atoms with Gasteiger partial charge < -0.3 is 40.7 Å². The third-order valence-corrected chi connectivity index (χ3v) is 13.0. The number of anilines is 2. The number of ether oxygens (including phenoxy) is 1. The van der Waals surface area contributed by atoms with E-state index in [0.29, 0.717) is 34.5 Å². The number of pyridine rings is 1. The zero-order valence-electron chi connectivity index (χ0n) is 42.8. The third kappa shape index (κ3) is 13.7. The average molecular weight is 1020 g/mol.